The average molecular weight is 663 g/mol. The number of ether oxygens (including phenoxy) is 3. The van der Waals surface area contributed by atoms with Gasteiger partial charge in [0.2, 0.25) is 11.7 Å². The number of ketones is 1. The van der Waals surface area contributed by atoms with E-state index in [1.165, 1.54) is 21.6 Å². The van der Waals surface area contributed by atoms with Crippen molar-refractivity contribution < 1.29 is 23.8 Å². The van der Waals surface area contributed by atoms with Gasteiger partial charge in [0, 0.05) is 56.0 Å². The fourth-order valence-electron chi connectivity index (χ4n) is 6.25. The molecule has 0 N–H and O–H groups in total. The summed E-state index contributed by atoms with van der Waals surface area (Å²) in [7, 11) is 3.28. The van der Waals surface area contributed by atoms with Crippen molar-refractivity contribution in [2.75, 3.05) is 47.0 Å². The maximum absolute atomic E-state index is 13.2. The van der Waals surface area contributed by atoms with Crippen LogP contribution in [0.4, 0.5) is 0 Å². The van der Waals surface area contributed by atoms with Crippen molar-refractivity contribution in [2.45, 2.75) is 85.6 Å². The van der Waals surface area contributed by atoms with Crippen molar-refractivity contribution in [3.63, 3.8) is 0 Å². The molecule has 0 bridgehead atoms. The van der Waals surface area contributed by atoms with Crippen LogP contribution >= 0.6 is 11.3 Å². The largest absolute Gasteiger partial charge is 0.493 e. The van der Waals surface area contributed by atoms with E-state index in [1.807, 2.05) is 24.0 Å². The van der Waals surface area contributed by atoms with Crippen LogP contribution in [-0.4, -0.2) is 68.5 Å². The normalized spacial score (nSPS) is 14.2. The van der Waals surface area contributed by atoms with Gasteiger partial charge in [-0.05, 0) is 74.8 Å². The van der Waals surface area contributed by atoms with Gasteiger partial charge in [0.15, 0.2) is 17.3 Å². The number of Topliss-reactive ketones (excluding diaryl/α,β-unsaturated/α-hetero) is 1. The van der Waals surface area contributed by atoms with Gasteiger partial charge in [-0.15, -0.1) is 11.3 Å². The Balaban J connectivity index is 1.22. The van der Waals surface area contributed by atoms with Gasteiger partial charge in [-0.3, -0.25) is 14.5 Å². The Kier molecular flexibility index (Phi) is 14.2. The summed E-state index contributed by atoms with van der Waals surface area (Å²) in [6.07, 6.45) is 7.13. The summed E-state index contributed by atoms with van der Waals surface area (Å²) in [5.41, 5.74) is 5.11. The molecule has 47 heavy (non-hydrogen) atoms. The lowest BCUT2D eigenvalue weighted by atomic mass is 9.99. The maximum Gasteiger partial charge on any atom is 0.222 e. The molecule has 0 aliphatic carbocycles. The van der Waals surface area contributed by atoms with E-state index in [4.69, 9.17) is 14.2 Å². The molecule has 0 radical (unpaired) electrons. The van der Waals surface area contributed by atoms with Gasteiger partial charge in [-0.25, -0.2) is 0 Å². The summed E-state index contributed by atoms with van der Waals surface area (Å²) >= 11 is 1.61. The Labute approximate surface area is 286 Å². The molecule has 0 saturated carbocycles. The van der Waals surface area contributed by atoms with Gasteiger partial charge in [0.25, 0.3) is 0 Å². The van der Waals surface area contributed by atoms with Crippen LogP contribution in [-0.2, 0) is 24.2 Å². The van der Waals surface area contributed by atoms with Crippen LogP contribution in [0.3, 0.4) is 0 Å². The Morgan fingerprint density at radius 3 is 2.36 bits per heavy atom. The van der Waals surface area contributed by atoms with E-state index < -0.39 is 0 Å². The van der Waals surface area contributed by atoms with Crippen molar-refractivity contribution in [2.24, 2.45) is 5.92 Å². The van der Waals surface area contributed by atoms with Gasteiger partial charge in [-0.2, -0.15) is 0 Å². The lowest BCUT2D eigenvalue weighted by Crippen LogP contribution is -2.48. The van der Waals surface area contributed by atoms with Gasteiger partial charge in [-0.1, -0.05) is 56.5 Å². The monoisotopic (exact) mass is 662 g/mol. The second-order valence-corrected chi connectivity index (χ2v) is 14.2. The number of thiophene rings is 1. The highest BCUT2D eigenvalue weighted by Gasteiger charge is 2.25. The standard InChI is InChI=1S/C39H54N2O5S/c1-7-8-9-23-46-38-32(15-17-35(44-5)39(38)45-6)27-40-19-21-41(22-20-40)37(43)26-29(3)25-34(42)36-18-16-33(47-36)12-10-11-31-24-28(2)13-14-30(31)4/h13-18,24,29H,7-12,19-23,25-27H2,1-6H3. The van der Waals surface area contributed by atoms with E-state index >= 15 is 0 Å². The molecule has 1 aliphatic rings. The first kappa shape index (κ1) is 36.5. The number of methoxy groups -OCH3 is 2. The minimum atomic E-state index is 0.00190. The number of unbranched alkanes of at least 4 members (excludes halogenated alkanes) is 2. The summed E-state index contributed by atoms with van der Waals surface area (Å²) in [4.78, 5) is 32.7. The minimum Gasteiger partial charge on any atom is -0.493 e. The van der Waals surface area contributed by atoms with Crippen molar-refractivity contribution >= 4 is 23.0 Å². The topological polar surface area (TPSA) is 68.3 Å². The molecule has 1 amide bonds. The van der Waals surface area contributed by atoms with Crippen molar-refractivity contribution in [1.29, 1.82) is 0 Å². The zero-order valence-corrected chi connectivity index (χ0v) is 30.2. The molecule has 1 aliphatic heterocycles. The number of benzene rings is 2. The number of rotatable bonds is 18. The Morgan fingerprint density at radius 2 is 1.64 bits per heavy atom. The van der Waals surface area contributed by atoms with E-state index in [0.717, 1.165) is 67.8 Å². The van der Waals surface area contributed by atoms with E-state index in [2.05, 4.69) is 56.0 Å². The van der Waals surface area contributed by atoms with E-state index in [1.54, 1.807) is 25.6 Å². The highest BCUT2D eigenvalue weighted by Crippen LogP contribution is 2.40. The first-order chi connectivity index (χ1) is 22.7. The number of amides is 1. The highest BCUT2D eigenvalue weighted by atomic mass is 32.1. The molecule has 8 heteroatoms. The van der Waals surface area contributed by atoms with Gasteiger partial charge >= 0.3 is 0 Å². The van der Waals surface area contributed by atoms with E-state index in [0.29, 0.717) is 50.6 Å². The quantitative estimate of drug-likeness (QED) is 0.101. The second kappa shape index (κ2) is 18.3. The molecule has 0 spiro atoms. The van der Waals surface area contributed by atoms with Crippen LogP contribution < -0.4 is 14.2 Å². The van der Waals surface area contributed by atoms with Crippen LogP contribution in [0.2, 0.25) is 0 Å². The van der Waals surface area contributed by atoms with Crippen molar-refractivity contribution in [1.82, 2.24) is 9.80 Å². The number of carbonyl (C=O) groups is 2. The number of aryl methyl sites for hydroxylation is 4. The Bertz CT molecular complexity index is 1460. The van der Waals surface area contributed by atoms with Crippen molar-refractivity contribution in [3.05, 3.63) is 74.5 Å². The fraction of sp³-hybridized carbons (Fsp3) is 0.538. The molecule has 256 valence electrons. The molecule has 2 aromatic carbocycles. The van der Waals surface area contributed by atoms with Crippen LogP contribution in [0.1, 0.15) is 89.2 Å². The highest BCUT2D eigenvalue weighted by molar-refractivity contribution is 7.14. The SMILES string of the molecule is CCCCCOc1c(CN2CCN(C(=O)CC(C)CC(=O)c3ccc(CCCc4cc(C)ccc4C)s3)CC2)ccc(OC)c1OC. The first-order valence-electron chi connectivity index (χ1n) is 17.3. The van der Waals surface area contributed by atoms with Crippen molar-refractivity contribution in [3.8, 4) is 17.2 Å². The Morgan fingerprint density at radius 1 is 0.851 bits per heavy atom. The lowest BCUT2D eigenvalue weighted by Gasteiger charge is -2.35. The fourth-order valence-corrected chi connectivity index (χ4v) is 7.24. The lowest BCUT2D eigenvalue weighted by molar-refractivity contribution is -0.133. The summed E-state index contributed by atoms with van der Waals surface area (Å²) in [5, 5.41) is 0. The third-order valence-electron chi connectivity index (χ3n) is 9.06. The molecular formula is C39H54N2O5S. The Hall–Kier alpha value is -3.36. The van der Waals surface area contributed by atoms with Crippen LogP contribution in [0.5, 0.6) is 17.2 Å². The number of hydrogen-bond donors (Lipinski definition) is 0. The molecule has 1 saturated heterocycles. The summed E-state index contributed by atoms with van der Waals surface area (Å²) in [5.74, 6) is 2.31. The molecule has 1 atom stereocenters. The zero-order chi connectivity index (χ0) is 33.8. The molecule has 1 aromatic heterocycles. The summed E-state index contributed by atoms with van der Waals surface area (Å²) in [6, 6.07) is 14.7. The molecule has 1 fully saturated rings. The predicted octanol–water partition coefficient (Wildman–Crippen LogP) is 8.07. The van der Waals surface area contributed by atoms with Gasteiger partial charge in [0.05, 0.1) is 25.7 Å². The minimum absolute atomic E-state index is 0.00190. The van der Waals surface area contributed by atoms with E-state index in [-0.39, 0.29) is 17.6 Å². The molecular weight excluding hydrogens is 609 g/mol. The van der Waals surface area contributed by atoms with Crippen LogP contribution in [0.25, 0.3) is 0 Å². The summed E-state index contributed by atoms with van der Waals surface area (Å²) in [6.45, 7) is 12.8. The van der Waals surface area contributed by atoms with Crippen LogP contribution in [0, 0.1) is 19.8 Å². The molecule has 1 unspecified atom stereocenters. The third-order valence-corrected chi connectivity index (χ3v) is 10.2. The zero-order valence-electron chi connectivity index (χ0n) is 29.4. The van der Waals surface area contributed by atoms with Gasteiger partial charge < -0.3 is 19.1 Å². The van der Waals surface area contributed by atoms with Crippen LogP contribution in [0.15, 0.2) is 42.5 Å². The van der Waals surface area contributed by atoms with E-state index in [9.17, 15) is 9.59 Å². The molecule has 7 nitrogen and oxygen atoms in total. The third kappa shape index (κ3) is 10.6. The summed E-state index contributed by atoms with van der Waals surface area (Å²) < 4.78 is 17.4. The van der Waals surface area contributed by atoms with Gasteiger partial charge in [0.1, 0.15) is 0 Å². The number of hydrogen-bond acceptors (Lipinski definition) is 7. The first-order valence-corrected chi connectivity index (χ1v) is 18.1. The number of piperazine rings is 1. The molecule has 3 aromatic rings. The predicted molar refractivity (Wildman–Crippen MR) is 191 cm³/mol. The molecule has 4 rings (SSSR count). The average Bonchev–Trinajstić information content (AvgIpc) is 3.54. The smallest absolute Gasteiger partial charge is 0.222 e. The molecule has 2 heterocycles. The number of nitrogens with zero attached hydrogens (tertiary/aromatic N) is 2. The second-order valence-electron chi connectivity index (χ2n) is 13.0. The maximum atomic E-state index is 13.2. The number of carbonyl (C=O) groups excluding carboxylic acids is 2.